The number of esters is 1. The zero-order chi connectivity index (χ0) is 20.8. The number of aromatic amines is 1. The van der Waals surface area contributed by atoms with Crippen LogP contribution in [0.25, 0.3) is 10.9 Å². The van der Waals surface area contributed by atoms with Crippen LogP contribution in [0.1, 0.15) is 32.0 Å². The van der Waals surface area contributed by atoms with Gasteiger partial charge < -0.3 is 19.8 Å². The number of halogens is 2. The zero-order valence-corrected chi connectivity index (χ0v) is 17.3. The summed E-state index contributed by atoms with van der Waals surface area (Å²) in [6.07, 6.45) is 0. The van der Waals surface area contributed by atoms with Gasteiger partial charge in [-0.2, -0.15) is 0 Å². The number of aromatic nitrogens is 1. The number of aryl methyl sites for hydroxylation is 1. The summed E-state index contributed by atoms with van der Waals surface area (Å²) in [5, 5.41) is 4.65. The fraction of sp³-hybridized carbons (Fsp3) is 0.238. The van der Waals surface area contributed by atoms with E-state index in [1.807, 2.05) is 6.92 Å². The van der Waals surface area contributed by atoms with Gasteiger partial charge in [0, 0.05) is 10.9 Å². The molecule has 6 nitrogen and oxygen atoms in total. The van der Waals surface area contributed by atoms with E-state index in [-0.39, 0.29) is 5.91 Å². The molecule has 0 aliphatic carbocycles. The van der Waals surface area contributed by atoms with Crippen molar-refractivity contribution in [2.75, 3.05) is 20.3 Å². The summed E-state index contributed by atoms with van der Waals surface area (Å²) in [6.45, 7) is 2.50. The van der Waals surface area contributed by atoms with Crippen LogP contribution in [0.2, 0.25) is 10.0 Å². The van der Waals surface area contributed by atoms with E-state index in [1.54, 1.807) is 36.4 Å². The summed E-state index contributed by atoms with van der Waals surface area (Å²) in [5.74, 6) is -0.685. The molecule has 1 saturated heterocycles. The fourth-order valence-corrected chi connectivity index (χ4v) is 4.01. The van der Waals surface area contributed by atoms with Gasteiger partial charge >= 0.3 is 5.97 Å². The van der Waals surface area contributed by atoms with Crippen molar-refractivity contribution in [2.24, 2.45) is 0 Å². The van der Waals surface area contributed by atoms with Crippen molar-refractivity contribution in [3.8, 4) is 0 Å². The molecule has 3 aromatic rings. The van der Waals surface area contributed by atoms with Crippen LogP contribution < -0.4 is 5.32 Å². The molecule has 1 aliphatic heterocycles. The van der Waals surface area contributed by atoms with Crippen molar-refractivity contribution in [3.05, 3.63) is 68.8 Å². The number of methoxy groups -OCH3 is 1. The van der Waals surface area contributed by atoms with Gasteiger partial charge in [0.1, 0.15) is 11.2 Å². The average molecular weight is 433 g/mol. The van der Waals surface area contributed by atoms with E-state index in [4.69, 9.17) is 32.7 Å². The Morgan fingerprint density at radius 1 is 1.14 bits per heavy atom. The van der Waals surface area contributed by atoms with E-state index in [2.05, 4.69) is 10.3 Å². The number of carbonyl (C=O) groups is 2. The zero-order valence-electron chi connectivity index (χ0n) is 15.8. The van der Waals surface area contributed by atoms with Crippen molar-refractivity contribution in [1.82, 2.24) is 10.3 Å². The number of benzene rings is 2. The lowest BCUT2D eigenvalue weighted by atomic mass is 9.87. The Bertz CT molecular complexity index is 1120. The van der Waals surface area contributed by atoms with Crippen molar-refractivity contribution >= 4 is 46.0 Å². The molecule has 29 heavy (non-hydrogen) atoms. The standard InChI is InChI=1S/C21H18Cl2N2O4/c1-11-16-15(8-7-14(22)17(16)23)24-18(11)19(26)25-21(9-29-10-21)13-5-3-12(4-6-13)20(27)28-2/h3-8,24H,9-10H2,1-2H3,(H,25,26). The molecule has 2 N–H and O–H groups in total. The molecule has 0 unspecified atom stereocenters. The van der Waals surface area contributed by atoms with Crippen LogP contribution in [-0.4, -0.2) is 37.2 Å². The largest absolute Gasteiger partial charge is 0.465 e. The van der Waals surface area contributed by atoms with Gasteiger partial charge in [0.2, 0.25) is 0 Å². The third-order valence-corrected chi connectivity index (χ3v) is 6.04. The second-order valence-corrected chi connectivity index (χ2v) is 7.79. The van der Waals surface area contributed by atoms with Crippen molar-refractivity contribution in [2.45, 2.75) is 12.5 Å². The molecule has 0 bridgehead atoms. The van der Waals surface area contributed by atoms with Gasteiger partial charge in [-0.25, -0.2) is 4.79 Å². The minimum atomic E-state index is -0.670. The molecule has 0 saturated carbocycles. The van der Waals surface area contributed by atoms with Crippen LogP contribution >= 0.6 is 23.2 Å². The van der Waals surface area contributed by atoms with Gasteiger partial charge in [-0.1, -0.05) is 35.3 Å². The Labute approximate surface area is 177 Å². The summed E-state index contributed by atoms with van der Waals surface area (Å²) in [6, 6.07) is 10.4. The predicted octanol–water partition coefficient (Wildman–Crippen LogP) is 4.23. The molecule has 1 aromatic heterocycles. The number of carbonyl (C=O) groups excluding carboxylic acids is 2. The first-order chi connectivity index (χ1) is 13.9. The quantitative estimate of drug-likeness (QED) is 0.604. The van der Waals surface area contributed by atoms with Gasteiger partial charge in [-0.15, -0.1) is 0 Å². The lowest BCUT2D eigenvalue weighted by Gasteiger charge is -2.42. The molecule has 2 heterocycles. The first-order valence-corrected chi connectivity index (χ1v) is 9.67. The highest BCUT2D eigenvalue weighted by Gasteiger charge is 2.42. The highest BCUT2D eigenvalue weighted by molar-refractivity contribution is 6.45. The van der Waals surface area contributed by atoms with Crippen LogP contribution in [-0.2, 0) is 15.0 Å². The maximum Gasteiger partial charge on any atom is 0.337 e. The number of hydrogen-bond donors (Lipinski definition) is 2. The van der Waals surface area contributed by atoms with Crippen LogP contribution in [0.15, 0.2) is 36.4 Å². The second kappa shape index (κ2) is 7.37. The van der Waals surface area contributed by atoms with E-state index < -0.39 is 11.5 Å². The van der Waals surface area contributed by atoms with Crippen LogP contribution in [0.4, 0.5) is 0 Å². The van der Waals surface area contributed by atoms with Gasteiger partial charge in [0.05, 0.1) is 35.9 Å². The molecule has 2 aromatic carbocycles. The van der Waals surface area contributed by atoms with Gasteiger partial charge in [-0.3, -0.25) is 4.79 Å². The van der Waals surface area contributed by atoms with Crippen LogP contribution in [0.5, 0.6) is 0 Å². The van der Waals surface area contributed by atoms with E-state index in [9.17, 15) is 9.59 Å². The van der Waals surface area contributed by atoms with E-state index in [1.165, 1.54) is 7.11 Å². The lowest BCUT2D eigenvalue weighted by Crippen LogP contribution is -2.59. The molecule has 150 valence electrons. The van der Waals surface area contributed by atoms with E-state index in [0.29, 0.717) is 34.5 Å². The van der Waals surface area contributed by atoms with Gasteiger partial charge in [0.15, 0.2) is 0 Å². The molecule has 1 amide bonds. The second-order valence-electron chi connectivity index (χ2n) is 7.01. The monoisotopic (exact) mass is 432 g/mol. The molecule has 0 atom stereocenters. The van der Waals surface area contributed by atoms with E-state index >= 15 is 0 Å². The smallest absolute Gasteiger partial charge is 0.337 e. The molecule has 1 fully saturated rings. The predicted molar refractivity (Wildman–Crippen MR) is 111 cm³/mol. The van der Waals surface area contributed by atoms with Gasteiger partial charge in [0.25, 0.3) is 5.91 Å². The van der Waals surface area contributed by atoms with E-state index in [0.717, 1.165) is 22.0 Å². The Kier molecular flexibility index (Phi) is 5.02. The Morgan fingerprint density at radius 3 is 2.41 bits per heavy atom. The highest BCUT2D eigenvalue weighted by Crippen LogP contribution is 2.35. The van der Waals surface area contributed by atoms with Crippen LogP contribution in [0.3, 0.4) is 0 Å². The number of hydrogen-bond acceptors (Lipinski definition) is 4. The maximum atomic E-state index is 13.1. The maximum absolute atomic E-state index is 13.1. The first-order valence-electron chi connectivity index (χ1n) is 8.92. The topological polar surface area (TPSA) is 80.4 Å². The summed E-state index contributed by atoms with van der Waals surface area (Å²) in [4.78, 5) is 27.9. The number of rotatable bonds is 4. The minimum Gasteiger partial charge on any atom is -0.465 e. The molecular formula is C21H18Cl2N2O4. The number of fused-ring (bicyclic) bond motifs is 1. The lowest BCUT2D eigenvalue weighted by molar-refractivity contribution is -0.0734. The molecular weight excluding hydrogens is 415 g/mol. The molecule has 0 radical (unpaired) electrons. The normalized spacial score (nSPS) is 15.0. The highest BCUT2D eigenvalue weighted by atomic mass is 35.5. The Morgan fingerprint density at radius 2 is 1.83 bits per heavy atom. The van der Waals surface area contributed by atoms with Crippen molar-refractivity contribution < 1.29 is 19.1 Å². The molecule has 0 spiro atoms. The van der Waals surface area contributed by atoms with Crippen molar-refractivity contribution in [1.29, 1.82) is 0 Å². The Balaban J connectivity index is 1.65. The SMILES string of the molecule is COC(=O)c1ccc(C2(NC(=O)c3[nH]c4ccc(Cl)c(Cl)c4c3C)COC2)cc1. The number of nitrogens with one attached hydrogen (secondary N) is 2. The fourth-order valence-electron chi connectivity index (χ4n) is 3.54. The summed E-state index contributed by atoms with van der Waals surface area (Å²) < 4.78 is 10.1. The van der Waals surface area contributed by atoms with Crippen LogP contribution in [0, 0.1) is 6.92 Å². The average Bonchev–Trinajstić information content (AvgIpc) is 3.04. The number of amides is 1. The summed E-state index contributed by atoms with van der Waals surface area (Å²) in [5.41, 5.74) is 2.50. The third kappa shape index (κ3) is 3.27. The molecule has 1 aliphatic rings. The first kappa shape index (κ1) is 19.8. The minimum absolute atomic E-state index is 0.272. The van der Waals surface area contributed by atoms with Gasteiger partial charge in [-0.05, 0) is 42.3 Å². The number of H-pyrrole nitrogens is 1. The van der Waals surface area contributed by atoms with Crippen molar-refractivity contribution in [3.63, 3.8) is 0 Å². The third-order valence-electron chi connectivity index (χ3n) is 5.24. The number of ether oxygens (including phenoxy) is 2. The summed E-state index contributed by atoms with van der Waals surface area (Å²) >= 11 is 12.4. The molecule has 4 rings (SSSR count). The summed E-state index contributed by atoms with van der Waals surface area (Å²) in [7, 11) is 1.33. The molecule has 8 heteroatoms. The Hall–Kier alpha value is -2.54.